The molecule has 1 atom stereocenters. The molecule has 1 rings (SSSR count). The van der Waals surface area contributed by atoms with Gasteiger partial charge in [0.05, 0.1) is 0 Å². The average Bonchev–Trinajstić information content (AvgIpc) is 2.46. The molecule has 120 valence electrons. The maximum atomic E-state index is 3.60. The third-order valence-corrected chi connectivity index (χ3v) is 3.73. The molecule has 21 heavy (non-hydrogen) atoms. The van der Waals surface area contributed by atoms with Crippen LogP contribution < -0.4 is 10.6 Å². The van der Waals surface area contributed by atoms with Gasteiger partial charge < -0.3 is 10.6 Å². The van der Waals surface area contributed by atoms with E-state index in [9.17, 15) is 0 Å². The summed E-state index contributed by atoms with van der Waals surface area (Å²) in [4.78, 5) is 2.51. The standard InChI is InChI=1S/C18H33N3/c1-6-21(7-2)17(16-11-9-8-10-12-16)15-19-13-14-20-18(3,4)5/h8-12,17,19-20H,6-7,13-15H2,1-5H3. The second-order valence-electron chi connectivity index (χ2n) is 6.53. The Morgan fingerprint density at radius 1 is 1.00 bits per heavy atom. The number of benzene rings is 1. The molecule has 1 aromatic carbocycles. The van der Waals surface area contributed by atoms with E-state index in [-0.39, 0.29) is 5.54 Å². The minimum Gasteiger partial charge on any atom is -0.314 e. The van der Waals surface area contributed by atoms with Crippen molar-refractivity contribution in [3.05, 3.63) is 35.9 Å². The maximum Gasteiger partial charge on any atom is 0.0472 e. The molecule has 0 aromatic heterocycles. The highest BCUT2D eigenvalue weighted by molar-refractivity contribution is 5.19. The van der Waals surface area contributed by atoms with E-state index in [4.69, 9.17) is 0 Å². The molecule has 0 aliphatic carbocycles. The quantitative estimate of drug-likeness (QED) is 0.685. The van der Waals surface area contributed by atoms with Gasteiger partial charge in [-0.15, -0.1) is 0 Å². The highest BCUT2D eigenvalue weighted by Gasteiger charge is 2.17. The fourth-order valence-corrected chi connectivity index (χ4v) is 2.56. The second kappa shape index (κ2) is 9.19. The van der Waals surface area contributed by atoms with Crippen molar-refractivity contribution in [2.45, 2.75) is 46.2 Å². The van der Waals surface area contributed by atoms with Gasteiger partial charge in [0.15, 0.2) is 0 Å². The molecule has 0 heterocycles. The number of rotatable bonds is 9. The van der Waals surface area contributed by atoms with Gasteiger partial charge >= 0.3 is 0 Å². The molecule has 0 aliphatic rings. The molecule has 1 aromatic rings. The predicted octanol–water partition coefficient (Wildman–Crippen LogP) is 3.05. The van der Waals surface area contributed by atoms with Gasteiger partial charge in [-0.2, -0.15) is 0 Å². The Balaban J connectivity index is 2.51. The van der Waals surface area contributed by atoms with Gasteiger partial charge in [0.25, 0.3) is 0 Å². The number of nitrogens with one attached hydrogen (secondary N) is 2. The molecule has 0 bridgehead atoms. The summed E-state index contributed by atoms with van der Waals surface area (Å²) in [5.41, 5.74) is 1.59. The van der Waals surface area contributed by atoms with Crippen LogP contribution in [0.3, 0.4) is 0 Å². The lowest BCUT2D eigenvalue weighted by Crippen LogP contribution is -2.42. The van der Waals surface area contributed by atoms with Crippen molar-refractivity contribution in [3.63, 3.8) is 0 Å². The van der Waals surface area contributed by atoms with Crippen molar-refractivity contribution in [2.24, 2.45) is 0 Å². The van der Waals surface area contributed by atoms with Crippen molar-refractivity contribution in [1.82, 2.24) is 15.5 Å². The molecular weight excluding hydrogens is 258 g/mol. The summed E-state index contributed by atoms with van der Waals surface area (Å²) >= 11 is 0. The third kappa shape index (κ3) is 7.07. The fourth-order valence-electron chi connectivity index (χ4n) is 2.56. The fraction of sp³-hybridized carbons (Fsp3) is 0.667. The summed E-state index contributed by atoms with van der Waals surface area (Å²) in [5, 5.41) is 7.12. The monoisotopic (exact) mass is 291 g/mol. The first kappa shape index (κ1) is 18.1. The minimum atomic E-state index is 0.194. The lowest BCUT2D eigenvalue weighted by molar-refractivity contribution is 0.213. The summed E-state index contributed by atoms with van der Waals surface area (Å²) in [5.74, 6) is 0. The van der Waals surface area contributed by atoms with E-state index < -0.39 is 0 Å². The van der Waals surface area contributed by atoms with Crippen LogP contribution in [0.1, 0.15) is 46.2 Å². The Kier molecular flexibility index (Phi) is 7.94. The second-order valence-corrected chi connectivity index (χ2v) is 6.53. The maximum absolute atomic E-state index is 3.60. The van der Waals surface area contributed by atoms with Crippen molar-refractivity contribution >= 4 is 0 Å². The molecule has 2 N–H and O–H groups in total. The molecule has 3 heteroatoms. The highest BCUT2D eigenvalue weighted by atomic mass is 15.2. The molecule has 0 aliphatic heterocycles. The SMILES string of the molecule is CCN(CC)C(CNCCNC(C)(C)C)c1ccccc1. The van der Waals surface area contributed by atoms with Crippen LogP contribution in [0, 0.1) is 0 Å². The Morgan fingerprint density at radius 2 is 1.62 bits per heavy atom. The van der Waals surface area contributed by atoms with Crippen LogP contribution >= 0.6 is 0 Å². The van der Waals surface area contributed by atoms with Crippen LogP contribution in [0.4, 0.5) is 0 Å². The van der Waals surface area contributed by atoms with Gasteiger partial charge in [0, 0.05) is 31.2 Å². The van der Waals surface area contributed by atoms with Gasteiger partial charge in [-0.05, 0) is 39.4 Å². The lowest BCUT2D eigenvalue weighted by atomic mass is 10.1. The first-order valence-corrected chi connectivity index (χ1v) is 8.22. The molecule has 0 fully saturated rings. The molecular formula is C18H33N3. The van der Waals surface area contributed by atoms with E-state index in [2.05, 4.69) is 80.5 Å². The van der Waals surface area contributed by atoms with Gasteiger partial charge in [-0.3, -0.25) is 4.90 Å². The van der Waals surface area contributed by atoms with Crippen molar-refractivity contribution < 1.29 is 0 Å². The van der Waals surface area contributed by atoms with Gasteiger partial charge in [-0.25, -0.2) is 0 Å². The largest absolute Gasteiger partial charge is 0.314 e. The summed E-state index contributed by atoms with van der Waals surface area (Å²) in [6, 6.07) is 11.3. The average molecular weight is 291 g/mol. The zero-order valence-electron chi connectivity index (χ0n) is 14.4. The van der Waals surface area contributed by atoms with Crippen LogP contribution in [-0.4, -0.2) is 43.2 Å². The summed E-state index contributed by atoms with van der Waals surface area (Å²) < 4.78 is 0. The molecule has 0 saturated heterocycles. The van der Waals surface area contributed by atoms with E-state index in [0.29, 0.717) is 6.04 Å². The van der Waals surface area contributed by atoms with Gasteiger partial charge in [0.1, 0.15) is 0 Å². The van der Waals surface area contributed by atoms with Crippen molar-refractivity contribution in [3.8, 4) is 0 Å². The number of nitrogens with zero attached hydrogens (tertiary/aromatic N) is 1. The Labute approximate surface area is 131 Å². The van der Waals surface area contributed by atoms with E-state index in [1.165, 1.54) is 5.56 Å². The molecule has 1 unspecified atom stereocenters. The van der Waals surface area contributed by atoms with E-state index in [1.807, 2.05) is 0 Å². The molecule has 0 amide bonds. The summed E-state index contributed by atoms with van der Waals surface area (Å²) in [7, 11) is 0. The normalized spacial score (nSPS) is 13.6. The number of hydrogen-bond acceptors (Lipinski definition) is 3. The summed E-state index contributed by atoms with van der Waals surface area (Å²) in [6.45, 7) is 16.3. The predicted molar refractivity (Wildman–Crippen MR) is 92.7 cm³/mol. The Hall–Kier alpha value is -0.900. The minimum absolute atomic E-state index is 0.194. The van der Waals surface area contributed by atoms with Crippen LogP contribution in [0.25, 0.3) is 0 Å². The molecule has 0 saturated carbocycles. The van der Waals surface area contributed by atoms with E-state index in [0.717, 1.165) is 32.7 Å². The smallest absolute Gasteiger partial charge is 0.0472 e. The van der Waals surface area contributed by atoms with Crippen molar-refractivity contribution in [2.75, 3.05) is 32.7 Å². The Bertz CT molecular complexity index is 366. The summed E-state index contributed by atoms with van der Waals surface area (Å²) in [6.07, 6.45) is 0. The third-order valence-electron chi connectivity index (χ3n) is 3.73. The molecule has 0 spiro atoms. The zero-order valence-corrected chi connectivity index (χ0v) is 14.4. The van der Waals surface area contributed by atoms with Crippen LogP contribution in [0.5, 0.6) is 0 Å². The first-order valence-electron chi connectivity index (χ1n) is 8.22. The van der Waals surface area contributed by atoms with Crippen molar-refractivity contribution in [1.29, 1.82) is 0 Å². The number of likely N-dealkylation sites (N-methyl/N-ethyl adjacent to an activating group) is 1. The zero-order chi connectivity index (χ0) is 15.7. The highest BCUT2D eigenvalue weighted by Crippen LogP contribution is 2.19. The lowest BCUT2D eigenvalue weighted by Gasteiger charge is -2.30. The molecule has 3 nitrogen and oxygen atoms in total. The molecule has 0 radical (unpaired) electrons. The Morgan fingerprint density at radius 3 is 2.14 bits per heavy atom. The first-order chi connectivity index (χ1) is 9.98. The van der Waals surface area contributed by atoms with Crippen LogP contribution in [0.2, 0.25) is 0 Å². The topological polar surface area (TPSA) is 27.3 Å². The van der Waals surface area contributed by atoms with Crippen LogP contribution in [-0.2, 0) is 0 Å². The van der Waals surface area contributed by atoms with E-state index >= 15 is 0 Å². The van der Waals surface area contributed by atoms with Gasteiger partial charge in [-0.1, -0.05) is 44.2 Å². The number of hydrogen-bond donors (Lipinski definition) is 2. The van der Waals surface area contributed by atoms with Crippen LogP contribution in [0.15, 0.2) is 30.3 Å². The van der Waals surface area contributed by atoms with Gasteiger partial charge in [0.2, 0.25) is 0 Å². The van der Waals surface area contributed by atoms with E-state index in [1.54, 1.807) is 0 Å².